The molecule has 0 saturated heterocycles. The number of hydrogen-bond acceptors (Lipinski definition) is 8. The number of nitrogens with zero attached hydrogens (tertiary/aromatic N) is 2. The van der Waals surface area contributed by atoms with Gasteiger partial charge in [0.2, 0.25) is 0 Å². The molecule has 0 aliphatic heterocycles. The third-order valence-corrected chi connectivity index (χ3v) is 6.96. The van der Waals surface area contributed by atoms with Crippen molar-refractivity contribution in [2.24, 2.45) is 0 Å². The topological polar surface area (TPSA) is 137 Å². The van der Waals surface area contributed by atoms with E-state index in [9.17, 15) is 33.8 Å². The molecule has 3 aromatic rings. The Balaban J connectivity index is 0.00000235. The van der Waals surface area contributed by atoms with E-state index in [0.717, 1.165) is 28.0 Å². The first-order valence-electron chi connectivity index (χ1n) is 11.6. The Kier molecular flexibility index (Phi) is 9.39. The van der Waals surface area contributed by atoms with Gasteiger partial charge < -0.3 is 19.7 Å². The number of carbonyl (C=O) groups excluding carboxylic acids is 1. The van der Waals surface area contributed by atoms with E-state index >= 15 is 0 Å². The first kappa shape index (κ1) is 29.7. The summed E-state index contributed by atoms with van der Waals surface area (Å²) in [6.07, 6.45) is -1.48. The van der Waals surface area contributed by atoms with Crippen molar-refractivity contribution in [3.8, 4) is 5.75 Å². The maximum atomic E-state index is 13.9. The lowest BCUT2D eigenvalue weighted by Crippen LogP contribution is -2.52. The number of aliphatic hydroxyl groups is 1. The van der Waals surface area contributed by atoms with Crippen LogP contribution in [0.5, 0.6) is 5.75 Å². The van der Waals surface area contributed by atoms with Gasteiger partial charge in [-0.25, -0.2) is 23.3 Å². The van der Waals surface area contributed by atoms with Crippen LogP contribution < -0.4 is 16.0 Å². The van der Waals surface area contributed by atoms with Gasteiger partial charge in [0, 0.05) is 5.56 Å². The molecule has 2 aromatic heterocycles. The highest BCUT2D eigenvalue weighted by Crippen LogP contribution is 2.32. The van der Waals surface area contributed by atoms with Crippen LogP contribution in [0.25, 0.3) is 10.2 Å². The third-order valence-electron chi connectivity index (χ3n) is 5.66. The molecule has 0 aliphatic carbocycles. The molecule has 202 valence electrons. The van der Waals surface area contributed by atoms with E-state index in [-0.39, 0.29) is 38.6 Å². The van der Waals surface area contributed by atoms with Gasteiger partial charge in [-0.2, -0.15) is 0 Å². The Morgan fingerprint density at radius 1 is 1.22 bits per heavy atom. The summed E-state index contributed by atoms with van der Waals surface area (Å²) in [5.41, 5.74) is -3.60. The smallest absolute Gasteiger partial charge is 0.348 e. The van der Waals surface area contributed by atoms with Gasteiger partial charge in [0.05, 0.1) is 25.6 Å². The lowest BCUT2D eigenvalue weighted by molar-refractivity contribution is -0.146. The van der Waals surface area contributed by atoms with Gasteiger partial charge in [0.1, 0.15) is 32.9 Å². The van der Waals surface area contributed by atoms with E-state index in [0.29, 0.717) is 4.57 Å². The normalized spacial score (nSPS) is 12.0. The number of thiophene rings is 1. The number of aromatic nitrogens is 2. The van der Waals surface area contributed by atoms with E-state index < -0.39 is 47.2 Å². The molecule has 0 bridgehead atoms. The summed E-state index contributed by atoms with van der Waals surface area (Å²) in [5, 5.41) is 20.6. The number of fused-ring (bicyclic) bond motifs is 1. The molecule has 2 heterocycles. The largest absolute Gasteiger partial charge is 0.496 e. The number of halogens is 1. The zero-order valence-corrected chi connectivity index (χ0v) is 22.6. The lowest BCUT2D eigenvalue weighted by atomic mass is 10.1. The highest BCUT2D eigenvalue weighted by molar-refractivity contribution is 7.20. The Morgan fingerprint density at radius 3 is 2.38 bits per heavy atom. The number of hydrogen-bond donors (Lipinski definition) is 2. The number of ether oxygens (including phenoxy) is 2. The van der Waals surface area contributed by atoms with Crippen molar-refractivity contribution in [2.75, 3.05) is 13.7 Å². The highest BCUT2D eigenvalue weighted by Gasteiger charge is 2.36. The molecule has 0 saturated carbocycles. The molecule has 0 fully saturated rings. The second-order valence-corrected chi connectivity index (χ2v) is 9.26. The molecule has 3 rings (SSSR count). The van der Waals surface area contributed by atoms with Crippen molar-refractivity contribution < 1.29 is 33.7 Å². The minimum Gasteiger partial charge on any atom is -0.496 e. The fourth-order valence-corrected chi connectivity index (χ4v) is 4.92. The fraction of sp³-hybridized carbons (Fsp3) is 0.440. The molecule has 0 aliphatic rings. The van der Waals surface area contributed by atoms with Gasteiger partial charge in [-0.15, -0.1) is 11.3 Å². The third kappa shape index (κ3) is 5.44. The Hall–Kier alpha value is -3.51. The second-order valence-electron chi connectivity index (χ2n) is 8.26. The molecule has 10 nitrogen and oxygen atoms in total. The van der Waals surface area contributed by atoms with Gasteiger partial charge in [-0.05, 0) is 51.5 Å². The number of benzene rings is 1. The average Bonchev–Trinajstić information content (AvgIpc) is 3.20. The highest BCUT2D eigenvalue weighted by atomic mass is 32.1. The minimum atomic E-state index is -1.95. The maximum absolute atomic E-state index is 13.9. The Bertz CT molecular complexity index is 1440. The second kappa shape index (κ2) is 11.7. The number of aliphatic hydroxyl groups excluding tert-OH is 1. The molecule has 37 heavy (non-hydrogen) atoms. The van der Waals surface area contributed by atoms with Crippen molar-refractivity contribution in [3.05, 3.63) is 60.9 Å². The van der Waals surface area contributed by atoms with E-state index in [2.05, 4.69) is 0 Å². The average molecular weight is 539 g/mol. The van der Waals surface area contributed by atoms with Crippen LogP contribution in [0, 0.1) is 12.7 Å². The maximum Gasteiger partial charge on any atom is 0.348 e. The molecule has 0 radical (unpaired) electrons. The number of rotatable bonds is 8. The molecule has 1 atom stereocenters. The predicted octanol–water partition coefficient (Wildman–Crippen LogP) is 3.44. The molecular weight excluding hydrogens is 507 g/mol. The number of esters is 1. The summed E-state index contributed by atoms with van der Waals surface area (Å²) in [4.78, 5) is 51.4. The van der Waals surface area contributed by atoms with Crippen molar-refractivity contribution >= 4 is 33.5 Å². The monoisotopic (exact) mass is 538 g/mol. The molecular formula is C25H31FN2O8S. The summed E-state index contributed by atoms with van der Waals surface area (Å²) in [7, 11) is 1.33. The van der Waals surface area contributed by atoms with Crippen molar-refractivity contribution in [2.45, 2.75) is 59.7 Å². The van der Waals surface area contributed by atoms with Crippen LogP contribution in [0.4, 0.5) is 4.39 Å². The van der Waals surface area contributed by atoms with Gasteiger partial charge in [-0.1, -0.05) is 13.8 Å². The number of aliphatic carboxylic acids is 1. The lowest BCUT2D eigenvalue weighted by Gasteiger charge is -2.24. The van der Waals surface area contributed by atoms with E-state index in [1.165, 1.54) is 33.9 Å². The van der Waals surface area contributed by atoms with Crippen molar-refractivity contribution in [1.82, 2.24) is 9.13 Å². The SMILES string of the molecule is CC.CCOC(=O)c1sc2c(c1C)c(=O)n(C(C)(C)C(=O)O)c(=O)n2C[C@H](O)c1cc(F)ccc1OC. The Morgan fingerprint density at radius 2 is 1.84 bits per heavy atom. The summed E-state index contributed by atoms with van der Waals surface area (Å²) in [6, 6.07) is 3.50. The number of carboxylic acids is 1. The van der Waals surface area contributed by atoms with Gasteiger partial charge in [-0.3, -0.25) is 9.36 Å². The molecule has 0 spiro atoms. The molecule has 12 heteroatoms. The molecule has 0 unspecified atom stereocenters. The summed E-state index contributed by atoms with van der Waals surface area (Å²) < 4.78 is 25.7. The van der Waals surface area contributed by atoms with Gasteiger partial charge >= 0.3 is 17.6 Å². The predicted molar refractivity (Wildman–Crippen MR) is 137 cm³/mol. The first-order valence-corrected chi connectivity index (χ1v) is 12.4. The van der Waals surface area contributed by atoms with Crippen LogP contribution in [0.1, 0.15) is 61.5 Å². The quantitative estimate of drug-likeness (QED) is 0.416. The van der Waals surface area contributed by atoms with E-state index in [1.807, 2.05) is 13.8 Å². The van der Waals surface area contributed by atoms with Crippen LogP contribution in [-0.2, 0) is 21.6 Å². The molecule has 0 amide bonds. The van der Waals surface area contributed by atoms with Crippen molar-refractivity contribution in [3.63, 3.8) is 0 Å². The van der Waals surface area contributed by atoms with E-state index in [4.69, 9.17) is 9.47 Å². The standard InChI is InChI=1S/C23H25FN2O8S.C2H6/c1-6-34-20(29)17-11(2)16-18(28)26(23(3,4)21(30)31)22(32)25(19(16)35-17)10-14(27)13-9-12(24)7-8-15(13)33-5;1-2/h7-9,14,27H,6,10H2,1-5H3,(H,30,31);1-2H3/t14-;/m0./s1. The van der Waals surface area contributed by atoms with Crippen LogP contribution in [-0.4, -0.2) is 45.0 Å². The van der Waals surface area contributed by atoms with E-state index in [1.54, 1.807) is 6.92 Å². The molecule has 1 aromatic carbocycles. The summed E-state index contributed by atoms with van der Waals surface area (Å²) in [5.74, 6) is -2.63. The number of carbonyl (C=O) groups is 2. The first-order chi connectivity index (χ1) is 17.4. The fourth-order valence-electron chi connectivity index (χ4n) is 3.72. The number of methoxy groups -OCH3 is 1. The molecule has 2 N–H and O–H groups in total. The Labute approximate surface area is 216 Å². The summed E-state index contributed by atoms with van der Waals surface area (Å²) >= 11 is 0.816. The van der Waals surface area contributed by atoms with Crippen molar-refractivity contribution in [1.29, 1.82) is 0 Å². The minimum absolute atomic E-state index is 0.0432. The van der Waals surface area contributed by atoms with Crippen LogP contribution in [0.3, 0.4) is 0 Å². The zero-order valence-electron chi connectivity index (χ0n) is 21.7. The number of aryl methyl sites for hydroxylation is 1. The van der Waals surface area contributed by atoms with Gasteiger partial charge in [0.15, 0.2) is 0 Å². The zero-order chi connectivity index (χ0) is 28.2. The number of carboxylic acid groups (broad SMARTS) is 1. The van der Waals surface area contributed by atoms with Gasteiger partial charge in [0.25, 0.3) is 5.56 Å². The van der Waals surface area contributed by atoms with Crippen LogP contribution in [0.2, 0.25) is 0 Å². The van der Waals surface area contributed by atoms with Crippen LogP contribution in [0.15, 0.2) is 27.8 Å². The summed E-state index contributed by atoms with van der Waals surface area (Å²) in [6.45, 7) is 9.08. The van der Waals surface area contributed by atoms with Crippen LogP contribution >= 0.6 is 11.3 Å².